The first-order valence-electron chi connectivity index (χ1n) is 5.75. The molecule has 0 fully saturated rings. The summed E-state index contributed by atoms with van der Waals surface area (Å²) < 4.78 is 5.40. The van der Waals surface area contributed by atoms with Gasteiger partial charge in [0.25, 0.3) is 11.4 Å². The minimum absolute atomic E-state index is 0.0445. The molecule has 21 heavy (non-hydrogen) atoms. The number of hydrogen-bond donors (Lipinski definition) is 1. The summed E-state index contributed by atoms with van der Waals surface area (Å²) in [6, 6.07) is 5.96. The second kappa shape index (κ2) is 6.25. The maximum Gasteiger partial charge on any atom is 0.270 e. The first kappa shape index (κ1) is 14.8. The maximum atomic E-state index is 10.7. The van der Waals surface area contributed by atoms with Gasteiger partial charge in [-0.25, -0.2) is 9.97 Å². The Bertz CT molecular complexity index is 789. The van der Waals surface area contributed by atoms with E-state index in [1.54, 1.807) is 12.1 Å². The number of non-ortho nitro benzene ring substituents is 1. The van der Waals surface area contributed by atoms with Crippen LogP contribution in [0.15, 0.2) is 35.0 Å². The van der Waals surface area contributed by atoms with Crippen molar-refractivity contribution in [2.75, 3.05) is 7.05 Å². The highest BCUT2D eigenvalue weighted by Gasteiger charge is 2.14. The zero-order valence-corrected chi connectivity index (χ0v) is 11.6. The summed E-state index contributed by atoms with van der Waals surface area (Å²) >= 11 is 5.86. The number of nitrogens with two attached hydrogens (primary N) is 1. The van der Waals surface area contributed by atoms with Crippen molar-refractivity contribution < 1.29 is 9.34 Å². The van der Waals surface area contributed by atoms with Crippen LogP contribution in [0.2, 0.25) is 5.15 Å². The molecule has 0 unspecified atom stereocenters. The van der Waals surface area contributed by atoms with Gasteiger partial charge in [-0.2, -0.15) is 4.98 Å². The minimum atomic E-state index is -0.487. The predicted octanol–water partition coefficient (Wildman–Crippen LogP) is 2.42. The van der Waals surface area contributed by atoms with Crippen molar-refractivity contribution in [2.45, 2.75) is 0 Å². The van der Waals surface area contributed by atoms with E-state index in [0.29, 0.717) is 11.1 Å². The average Bonchev–Trinajstić information content (AvgIpc) is 2.95. The third-order valence-corrected chi connectivity index (χ3v) is 2.73. The number of aromatic nitrogens is 3. The lowest BCUT2D eigenvalue weighted by atomic mass is 10.2. The fraction of sp³-hybridized carbons (Fsp3) is 0.0833. The Hall–Kier alpha value is -2.58. The summed E-state index contributed by atoms with van der Waals surface area (Å²) in [7, 11) is 1.50. The lowest BCUT2D eigenvalue weighted by molar-refractivity contribution is -0.384. The molecule has 0 aliphatic rings. The molecule has 2 heterocycles. The smallest absolute Gasteiger partial charge is 0.270 e. The number of nitro groups is 1. The van der Waals surface area contributed by atoms with Gasteiger partial charge in [-0.15, -0.1) is 0 Å². The van der Waals surface area contributed by atoms with E-state index in [9.17, 15) is 10.1 Å². The van der Waals surface area contributed by atoms with Gasteiger partial charge in [-0.05, 0) is 13.1 Å². The van der Waals surface area contributed by atoms with Crippen molar-refractivity contribution in [3.63, 3.8) is 0 Å². The van der Waals surface area contributed by atoms with Crippen LogP contribution in [0.1, 0.15) is 0 Å². The minimum Gasteiger partial charge on any atom is -0.417 e. The molecular weight excluding hydrogens is 298 g/mol. The Kier molecular flexibility index (Phi) is 4.41. The summed E-state index contributed by atoms with van der Waals surface area (Å²) in [5.74, 6) is 0.209. The molecule has 3 rings (SSSR count). The second-order valence-electron chi connectivity index (χ2n) is 3.64. The number of oxazole rings is 1. The molecule has 108 valence electrons. The molecule has 9 heteroatoms. The number of rotatable bonds is 2. The number of halogens is 1. The van der Waals surface area contributed by atoms with Gasteiger partial charge in [-0.1, -0.05) is 17.7 Å². The van der Waals surface area contributed by atoms with Crippen LogP contribution in [0.4, 0.5) is 5.69 Å². The lowest BCUT2D eigenvalue weighted by Gasteiger charge is -1.94. The molecule has 0 aliphatic carbocycles. The highest BCUT2D eigenvalue weighted by atomic mass is 35.5. The second-order valence-corrected chi connectivity index (χ2v) is 4.00. The summed E-state index contributed by atoms with van der Waals surface area (Å²) in [4.78, 5) is 22.0. The molecule has 0 atom stereocenters. The van der Waals surface area contributed by atoms with Crippen LogP contribution in [-0.2, 0) is 0 Å². The number of fused-ring (bicyclic) bond motifs is 1. The van der Waals surface area contributed by atoms with Gasteiger partial charge >= 0.3 is 0 Å². The van der Waals surface area contributed by atoms with Gasteiger partial charge in [-0.3, -0.25) is 10.1 Å². The van der Waals surface area contributed by atoms with Gasteiger partial charge in [0.1, 0.15) is 6.33 Å². The van der Waals surface area contributed by atoms with E-state index in [4.69, 9.17) is 16.0 Å². The highest BCUT2D eigenvalue weighted by Crippen LogP contribution is 2.27. The molecule has 3 aromatic rings. The van der Waals surface area contributed by atoms with Gasteiger partial charge in [0.2, 0.25) is 5.89 Å². The Morgan fingerprint density at radius 2 is 2.10 bits per heavy atom. The van der Waals surface area contributed by atoms with Crippen LogP contribution in [0.5, 0.6) is 0 Å². The van der Waals surface area contributed by atoms with Gasteiger partial charge in [0.05, 0.1) is 4.92 Å². The fourth-order valence-corrected chi connectivity index (χ4v) is 1.77. The fourth-order valence-electron chi connectivity index (χ4n) is 1.60. The number of hydrogen-bond acceptors (Lipinski definition) is 7. The largest absolute Gasteiger partial charge is 0.417 e. The topological polar surface area (TPSA) is 121 Å². The Morgan fingerprint density at radius 3 is 2.76 bits per heavy atom. The Labute approximate surface area is 123 Å². The van der Waals surface area contributed by atoms with Crippen LogP contribution in [0, 0.1) is 10.1 Å². The quantitative estimate of drug-likeness (QED) is 0.438. The zero-order chi connectivity index (χ0) is 15.4. The summed E-state index contributed by atoms with van der Waals surface area (Å²) in [5, 5.41) is 10.9. The normalized spacial score (nSPS) is 10.0. The van der Waals surface area contributed by atoms with Crippen molar-refractivity contribution in [3.8, 4) is 11.5 Å². The number of benzene rings is 1. The van der Waals surface area contributed by atoms with Gasteiger partial charge < -0.3 is 10.2 Å². The number of nitro benzene ring substituents is 1. The van der Waals surface area contributed by atoms with Gasteiger partial charge in [0.15, 0.2) is 10.7 Å². The first-order valence-corrected chi connectivity index (χ1v) is 6.12. The monoisotopic (exact) mass is 307 g/mol. The average molecular weight is 308 g/mol. The molecule has 0 spiro atoms. The van der Waals surface area contributed by atoms with E-state index < -0.39 is 4.92 Å². The third-order valence-electron chi connectivity index (χ3n) is 2.45. The zero-order valence-electron chi connectivity index (χ0n) is 10.9. The van der Waals surface area contributed by atoms with E-state index in [2.05, 4.69) is 20.7 Å². The van der Waals surface area contributed by atoms with Crippen LogP contribution >= 0.6 is 11.6 Å². The molecule has 0 saturated carbocycles. The molecule has 0 bridgehead atoms. The van der Waals surface area contributed by atoms with Crippen LogP contribution in [0.25, 0.3) is 22.7 Å². The lowest BCUT2D eigenvalue weighted by Crippen LogP contribution is -1.88. The van der Waals surface area contributed by atoms with E-state index in [-0.39, 0.29) is 22.4 Å². The molecule has 8 nitrogen and oxygen atoms in total. The Morgan fingerprint density at radius 1 is 1.33 bits per heavy atom. The molecule has 2 aromatic heterocycles. The molecule has 0 aliphatic heterocycles. The van der Waals surface area contributed by atoms with E-state index >= 15 is 0 Å². The van der Waals surface area contributed by atoms with Crippen molar-refractivity contribution in [3.05, 3.63) is 45.9 Å². The van der Waals surface area contributed by atoms with Crippen molar-refractivity contribution in [1.29, 1.82) is 0 Å². The van der Waals surface area contributed by atoms with Gasteiger partial charge in [0, 0.05) is 17.7 Å². The summed E-state index contributed by atoms with van der Waals surface area (Å²) in [6.45, 7) is 0. The summed E-state index contributed by atoms with van der Waals surface area (Å²) in [5.41, 5.74) is 5.49. The maximum absolute atomic E-state index is 10.7. The molecule has 1 aromatic carbocycles. The van der Waals surface area contributed by atoms with Crippen molar-refractivity contribution >= 4 is 28.5 Å². The van der Waals surface area contributed by atoms with E-state index in [0.717, 1.165) is 0 Å². The molecule has 0 saturated heterocycles. The van der Waals surface area contributed by atoms with E-state index in [1.165, 1.54) is 25.5 Å². The molecule has 0 radical (unpaired) electrons. The predicted molar refractivity (Wildman–Crippen MR) is 76.8 cm³/mol. The van der Waals surface area contributed by atoms with Crippen molar-refractivity contribution in [2.24, 2.45) is 5.73 Å². The standard InChI is InChI=1S/C11H5ClN4O3.CH5N/c12-9-8-11(14-5-13-9)19-10(15-8)6-2-1-3-7(4-6)16(17)18;1-2/h1-5H;2H2,1H3. The molecular formula is C12H10ClN5O3. The third kappa shape index (κ3) is 2.96. The molecule has 0 amide bonds. The number of nitrogens with zero attached hydrogens (tertiary/aromatic N) is 4. The van der Waals surface area contributed by atoms with Crippen LogP contribution in [0.3, 0.4) is 0 Å². The van der Waals surface area contributed by atoms with Crippen LogP contribution < -0.4 is 5.73 Å². The first-order chi connectivity index (χ1) is 10.1. The molecule has 2 N–H and O–H groups in total. The Balaban J connectivity index is 0.000000774. The summed E-state index contributed by atoms with van der Waals surface area (Å²) in [6.07, 6.45) is 1.26. The highest BCUT2D eigenvalue weighted by molar-refractivity contribution is 6.33. The van der Waals surface area contributed by atoms with Crippen molar-refractivity contribution in [1.82, 2.24) is 15.0 Å². The van der Waals surface area contributed by atoms with Crippen LogP contribution in [-0.4, -0.2) is 26.9 Å². The SMILES string of the molecule is CN.O=[N+]([O-])c1cccc(-c2nc3c(Cl)ncnc3o2)c1. The van der Waals surface area contributed by atoms with E-state index in [1.807, 2.05) is 0 Å².